The van der Waals surface area contributed by atoms with Gasteiger partial charge in [0.15, 0.2) is 0 Å². The van der Waals surface area contributed by atoms with Crippen molar-refractivity contribution in [3.63, 3.8) is 0 Å². The number of amides is 1. The Morgan fingerprint density at radius 3 is 2.41 bits per heavy atom. The summed E-state index contributed by atoms with van der Waals surface area (Å²) in [7, 11) is 0. The first-order chi connectivity index (χ1) is 14.1. The van der Waals surface area contributed by atoms with Crippen LogP contribution in [0.3, 0.4) is 0 Å². The van der Waals surface area contributed by atoms with Gasteiger partial charge in [-0.1, -0.05) is 24.3 Å². The van der Waals surface area contributed by atoms with Crippen molar-refractivity contribution in [1.82, 2.24) is 10.2 Å². The Balaban J connectivity index is 1.37. The van der Waals surface area contributed by atoms with Crippen LogP contribution in [0.15, 0.2) is 53.4 Å². The van der Waals surface area contributed by atoms with Crippen LogP contribution in [-0.2, 0) is 17.9 Å². The van der Waals surface area contributed by atoms with E-state index in [0.29, 0.717) is 18.9 Å². The van der Waals surface area contributed by atoms with Crippen LogP contribution in [0, 0.1) is 0 Å². The van der Waals surface area contributed by atoms with Crippen molar-refractivity contribution in [2.75, 3.05) is 25.4 Å². The molecule has 0 unspecified atom stereocenters. The first-order valence-electron chi connectivity index (χ1n) is 10.2. The van der Waals surface area contributed by atoms with Crippen molar-refractivity contribution in [2.24, 2.45) is 0 Å². The van der Waals surface area contributed by atoms with Gasteiger partial charge >= 0.3 is 0 Å². The number of carbonyl (C=O) groups is 1. The topological polar surface area (TPSA) is 61.8 Å². The van der Waals surface area contributed by atoms with E-state index in [4.69, 9.17) is 4.74 Å². The van der Waals surface area contributed by atoms with Gasteiger partial charge in [0.05, 0.1) is 18.5 Å². The van der Waals surface area contributed by atoms with Crippen LogP contribution in [-0.4, -0.2) is 47.5 Å². The molecule has 2 aromatic rings. The lowest BCUT2D eigenvalue weighted by atomic mass is 10.1. The highest BCUT2D eigenvalue weighted by molar-refractivity contribution is 8.00. The third-order valence-electron chi connectivity index (χ3n) is 4.98. The van der Waals surface area contributed by atoms with Gasteiger partial charge in [-0.15, -0.1) is 11.8 Å². The summed E-state index contributed by atoms with van der Waals surface area (Å²) >= 11 is 1.52. The maximum absolute atomic E-state index is 12.1. The summed E-state index contributed by atoms with van der Waals surface area (Å²) in [6.45, 7) is 5.96. The van der Waals surface area contributed by atoms with E-state index in [2.05, 4.69) is 34.5 Å². The van der Waals surface area contributed by atoms with E-state index in [1.165, 1.54) is 17.3 Å². The van der Waals surface area contributed by atoms with Crippen molar-refractivity contribution in [3.05, 3.63) is 59.7 Å². The first kappa shape index (κ1) is 21.7. The molecule has 6 heteroatoms. The molecule has 1 aliphatic rings. The fourth-order valence-corrected chi connectivity index (χ4v) is 4.03. The summed E-state index contributed by atoms with van der Waals surface area (Å²) < 4.78 is 5.43. The van der Waals surface area contributed by atoms with Crippen molar-refractivity contribution < 1.29 is 14.6 Å². The Bertz CT molecular complexity index is 757. The molecule has 0 saturated carbocycles. The van der Waals surface area contributed by atoms with Crippen LogP contribution in [0.4, 0.5) is 0 Å². The Morgan fingerprint density at radius 1 is 1.10 bits per heavy atom. The van der Waals surface area contributed by atoms with E-state index < -0.39 is 0 Å². The van der Waals surface area contributed by atoms with Crippen LogP contribution in [0.1, 0.15) is 30.9 Å². The molecular weight excluding hydrogens is 384 g/mol. The van der Waals surface area contributed by atoms with Crippen molar-refractivity contribution in [2.45, 2.75) is 43.9 Å². The number of carbonyl (C=O) groups excluding carboxylic acids is 1. The van der Waals surface area contributed by atoms with Gasteiger partial charge in [0, 0.05) is 31.1 Å². The van der Waals surface area contributed by atoms with Crippen LogP contribution in [0.2, 0.25) is 0 Å². The van der Waals surface area contributed by atoms with E-state index in [9.17, 15) is 9.90 Å². The molecule has 0 atom stereocenters. The van der Waals surface area contributed by atoms with Crippen LogP contribution >= 0.6 is 11.8 Å². The van der Waals surface area contributed by atoms with E-state index in [1.807, 2.05) is 31.2 Å². The maximum Gasteiger partial charge on any atom is 0.230 e. The van der Waals surface area contributed by atoms with Gasteiger partial charge < -0.3 is 15.2 Å². The molecule has 3 rings (SSSR count). The molecule has 5 nitrogen and oxygen atoms in total. The third kappa shape index (κ3) is 7.38. The normalized spacial score (nSPS) is 15.2. The molecular formula is C23H30N2O3S. The molecule has 1 saturated heterocycles. The number of likely N-dealkylation sites (tertiary alicyclic amines) is 1. The number of ether oxygens (including phenoxy) is 1. The first-order valence-corrected chi connectivity index (χ1v) is 11.2. The largest absolute Gasteiger partial charge is 0.494 e. The van der Waals surface area contributed by atoms with Crippen LogP contribution < -0.4 is 10.1 Å². The monoisotopic (exact) mass is 414 g/mol. The number of nitrogens with one attached hydrogen (secondary N) is 1. The van der Waals surface area contributed by atoms with Gasteiger partial charge in [-0.25, -0.2) is 0 Å². The van der Waals surface area contributed by atoms with Crippen molar-refractivity contribution in [3.8, 4) is 5.75 Å². The summed E-state index contributed by atoms with van der Waals surface area (Å²) in [6.07, 6.45) is 1.59. The zero-order valence-corrected chi connectivity index (χ0v) is 17.8. The lowest BCUT2D eigenvalue weighted by molar-refractivity contribution is -0.118. The Labute approximate surface area is 177 Å². The average molecular weight is 415 g/mol. The standard InChI is InChI=1S/C23H30N2O3S/c1-2-28-21-7-9-22(10-8-21)29-17-23(27)24-15-18-3-5-19(6-4-18)16-25-13-11-20(26)12-14-25/h3-10,20,26H,2,11-17H2,1H3,(H,24,27). The molecule has 0 aliphatic carbocycles. The molecule has 0 spiro atoms. The second-order valence-corrected chi connectivity index (χ2v) is 8.34. The fourth-order valence-electron chi connectivity index (χ4n) is 3.30. The van der Waals surface area contributed by atoms with Gasteiger partial charge in [0.1, 0.15) is 5.75 Å². The van der Waals surface area contributed by atoms with E-state index >= 15 is 0 Å². The Hall–Kier alpha value is -2.02. The average Bonchev–Trinajstić information content (AvgIpc) is 2.74. The molecule has 2 aromatic carbocycles. The van der Waals surface area contributed by atoms with Crippen molar-refractivity contribution >= 4 is 17.7 Å². The predicted molar refractivity (Wildman–Crippen MR) is 117 cm³/mol. The summed E-state index contributed by atoms with van der Waals surface area (Å²) in [4.78, 5) is 15.6. The summed E-state index contributed by atoms with van der Waals surface area (Å²) in [5.41, 5.74) is 2.37. The Morgan fingerprint density at radius 2 is 1.76 bits per heavy atom. The number of hydrogen-bond donors (Lipinski definition) is 2. The third-order valence-corrected chi connectivity index (χ3v) is 5.99. The lowest BCUT2D eigenvalue weighted by Crippen LogP contribution is -2.35. The van der Waals surface area contributed by atoms with E-state index in [-0.39, 0.29) is 12.0 Å². The molecule has 29 heavy (non-hydrogen) atoms. The molecule has 1 fully saturated rings. The molecule has 156 valence electrons. The van der Waals surface area contributed by atoms with Crippen LogP contribution in [0.5, 0.6) is 5.75 Å². The van der Waals surface area contributed by atoms with Gasteiger partial charge in [-0.3, -0.25) is 9.69 Å². The highest BCUT2D eigenvalue weighted by Gasteiger charge is 2.16. The highest BCUT2D eigenvalue weighted by Crippen LogP contribution is 2.21. The number of thioether (sulfide) groups is 1. The van der Waals surface area contributed by atoms with Crippen molar-refractivity contribution in [1.29, 1.82) is 0 Å². The minimum absolute atomic E-state index is 0.0276. The number of rotatable bonds is 9. The second-order valence-electron chi connectivity index (χ2n) is 7.29. The Kier molecular flexibility index (Phi) is 8.40. The minimum Gasteiger partial charge on any atom is -0.494 e. The quantitative estimate of drug-likeness (QED) is 0.616. The molecule has 1 heterocycles. The number of piperidine rings is 1. The van der Waals surface area contributed by atoms with Crippen LogP contribution in [0.25, 0.3) is 0 Å². The van der Waals surface area contributed by atoms with Gasteiger partial charge in [0.2, 0.25) is 5.91 Å². The van der Waals surface area contributed by atoms with Gasteiger partial charge in [0.25, 0.3) is 0 Å². The number of aliphatic hydroxyl groups is 1. The van der Waals surface area contributed by atoms with E-state index in [1.54, 1.807) is 0 Å². The zero-order valence-electron chi connectivity index (χ0n) is 17.0. The maximum atomic E-state index is 12.1. The van der Waals surface area contributed by atoms with E-state index in [0.717, 1.165) is 48.7 Å². The number of benzene rings is 2. The van der Waals surface area contributed by atoms with Gasteiger partial charge in [-0.2, -0.15) is 0 Å². The lowest BCUT2D eigenvalue weighted by Gasteiger charge is -2.29. The predicted octanol–water partition coefficient (Wildman–Crippen LogP) is 3.45. The molecule has 0 aromatic heterocycles. The molecule has 1 amide bonds. The summed E-state index contributed by atoms with van der Waals surface area (Å²) in [6, 6.07) is 16.2. The number of nitrogens with zero attached hydrogens (tertiary/aromatic N) is 1. The fraction of sp³-hybridized carbons (Fsp3) is 0.435. The molecule has 1 aliphatic heterocycles. The number of aliphatic hydroxyl groups excluding tert-OH is 1. The molecule has 0 bridgehead atoms. The summed E-state index contributed by atoms with van der Waals surface area (Å²) in [5, 5.41) is 12.6. The molecule has 2 N–H and O–H groups in total. The highest BCUT2D eigenvalue weighted by atomic mass is 32.2. The van der Waals surface area contributed by atoms with Gasteiger partial charge in [-0.05, 0) is 55.2 Å². The summed E-state index contributed by atoms with van der Waals surface area (Å²) in [5.74, 6) is 1.27. The minimum atomic E-state index is -0.134. The zero-order chi connectivity index (χ0) is 20.5. The molecule has 0 radical (unpaired) electrons. The second kappa shape index (κ2) is 11.2. The smallest absolute Gasteiger partial charge is 0.230 e. The SMILES string of the molecule is CCOc1ccc(SCC(=O)NCc2ccc(CN3CCC(O)CC3)cc2)cc1. The number of hydrogen-bond acceptors (Lipinski definition) is 5.